The highest BCUT2D eigenvalue weighted by Gasteiger charge is 2.28. The number of rotatable bonds is 4. The Balaban J connectivity index is 2.85. The van der Waals surface area contributed by atoms with Crippen LogP contribution in [0, 0.1) is 5.41 Å². The van der Waals surface area contributed by atoms with Gasteiger partial charge in [0.1, 0.15) is 5.15 Å². The number of halogens is 1. The highest BCUT2D eigenvalue weighted by molar-refractivity contribution is 6.29. The summed E-state index contributed by atoms with van der Waals surface area (Å²) in [6, 6.07) is 2.50. The van der Waals surface area contributed by atoms with Crippen molar-refractivity contribution in [1.82, 2.24) is 10.3 Å². The number of aliphatic carboxylic acids is 1. The number of carboxylic acid groups (broad SMARTS) is 1. The molecular weight excluding hydrogens is 268 g/mol. The first-order valence-electron chi connectivity index (χ1n) is 5.84. The molecular formula is C13H17ClN2O3. The van der Waals surface area contributed by atoms with Gasteiger partial charge in [-0.2, -0.15) is 0 Å². The average molecular weight is 285 g/mol. The molecule has 1 aromatic rings. The van der Waals surface area contributed by atoms with Crippen molar-refractivity contribution in [2.24, 2.45) is 5.41 Å². The smallest absolute Gasteiger partial charge is 0.305 e. The molecule has 1 rings (SSSR count). The summed E-state index contributed by atoms with van der Waals surface area (Å²) in [7, 11) is 0. The summed E-state index contributed by atoms with van der Waals surface area (Å²) >= 11 is 5.71. The van der Waals surface area contributed by atoms with Gasteiger partial charge < -0.3 is 10.4 Å². The number of carbonyl (C=O) groups excluding carboxylic acids is 1. The van der Waals surface area contributed by atoms with Gasteiger partial charge in [-0.1, -0.05) is 32.4 Å². The predicted molar refractivity (Wildman–Crippen MR) is 72.2 cm³/mol. The summed E-state index contributed by atoms with van der Waals surface area (Å²) in [5, 5.41) is 11.8. The standard InChI is InChI=1S/C13H17ClN2O3/c1-13(2,3)9(7-11(17)18)16-12(19)8-4-5-15-10(14)6-8/h4-6,9H,7H2,1-3H3,(H,16,19)(H,17,18). The van der Waals surface area contributed by atoms with E-state index in [0.29, 0.717) is 5.56 Å². The Kier molecular flexibility index (Phi) is 4.89. The van der Waals surface area contributed by atoms with Crippen LogP contribution in [0.5, 0.6) is 0 Å². The van der Waals surface area contributed by atoms with E-state index >= 15 is 0 Å². The van der Waals surface area contributed by atoms with E-state index in [1.807, 2.05) is 20.8 Å². The molecule has 104 valence electrons. The minimum atomic E-state index is -0.951. The molecule has 1 unspecified atom stereocenters. The fraction of sp³-hybridized carbons (Fsp3) is 0.462. The normalized spacial score (nSPS) is 12.8. The maximum atomic E-state index is 12.0. The Morgan fingerprint density at radius 1 is 1.47 bits per heavy atom. The zero-order valence-electron chi connectivity index (χ0n) is 11.1. The number of hydrogen-bond donors (Lipinski definition) is 2. The predicted octanol–water partition coefficient (Wildman–Crippen LogP) is 2.35. The summed E-state index contributed by atoms with van der Waals surface area (Å²) in [6.07, 6.45) is 1.30. The first kappa shape index (κ1) is 15.4. The zero-order valence-corrected chi connectivity index (χ0v) is 11.9. The second-order valence-electron chi connectivity index (χ2n) is 5.36. The lowest BCUT2D eigenvalue weighted by atomic mass is 9.84. The number of amides is 1. The third kappa shape index (κ3) is 4.87. The molecule has 1 amide bonds. The van der Waals surface area contributed by atoms with Crippen molar-refractivity contribution < 1.29 is 14.7 Å². The van der Waals surface area contributed by atoms with Crippen molar-refractivity contribution in [1.29, 1.82) is 0 Å². The van der Waals surface area contributed by atoms with E-state index in [-0.39, 0.29) is 22.9 Å². The molecule has 0 fully saturated rings. The van der Waals surface area contributed by atoms with Gasteiger partial charge >= 0.3 is 5.97 Å². The number of nitrogens with zero attached hydrogens (tertiary/aromatic N) is 1. The van der Waals surface area contributed by atoms with Crippen LogP contribution >= 0.6 is 11.6 Å². The van der Waals surface area contributed by atoms with Gasteiger partial charge in [-0.25, -0.2) is 4.98 Å². The van der Waals surface area contributed by atoms with E-state index < -0.39 is 12.0 Å². The lowest BCUT2D eigenvalue weighted by Crippen LogP contribution is -2.45. The molecule has 2 N–H and O–H groups in total. The molecule has 0 aromatic carbocycles. The van der Waals surface area contributed by atoms with Crippen LogP contribution in [-0.2, 0) is 4.79 Å². The molecule has 0 aliphatic heterocycles. The second kappa shape index (κ2) is 6.02. The molecule has 0 aliphatic carbocycles. The van der Waals surface area contributed by atoms with Gasteiger partial charge in [-0.3, -0.25) is 9.59 Å². The van der Waals surface area contributed by atoms with Crippen LogP contribution in [0.25, 0.3) is 0 Å². The van der Waals surface area contributed by atoms with Gasteiger partial charge in [-0.15, -0.1) is 0 Å². The molecule has 1 atom stereocenters. The highest BCUT2D eigenvalue weighted by atomic mass is 35.5. The SMILES string of the molecule is CC(C)(C)C(CC(=O)O)NC(=O)c1ccnc(Cl)c1. The maximum Gasteiger partial charge on any atom is 0.305 e. The van der Waals surface area contributed by atoms with Crippen molar-refractivity contribution in [2.45, 2.75) is 33.2 Å². The fourth-order valence-corrected chi connectivity index (χ4v) is 1.71. The molecule has 1 heterocycles. The van der Waals surface area contributed by atoms with E-state index in [4.69, 9.17) is 16.7 Å². The number of hydrogen-bond acceptors (Lipinski definition) is 3. The fourth-order valence-electron chi connectivity index (χ4n) is 1.53. The molecule has 19 heavy (non-hydrogen) atoms. The summed E-state index contributed by atoms with van der Waals surface area (Å²) in [5.74, 6) is -1.31. The molecule has 0 bridgehead atoms. The number of pyridine rings is 1. The Hall–Kier alpha value is -1.62. The van der Waals surface area contributed by atoms with Gasteiger partial charge in [0.05, 0.1) is 6.42 Å². The van der Waals surface area contributed by atoms with Crippen LogP contribution in [0.3, 0.4) is 0 Å². The largest absolute Gasteiger partial charge is 0.481 e. The van der Waals surface area contributed by atoms with E-state index in [1.165, 1.54) is 18.3 Å². The summed E-state index contributed by atoms with van der Waals surface area (Å²) in [4.78, 5) is 26.7. The maximum absolute atomic E-state index is 12.0. The first-order chi connectivity index (χ1) is 8.70. The van der Waals surface area contributed by atoms with Crippen molar-refractivity contribution in [3.05, 3.63) is 29.0 Å². The molecule has 0 aliphatic rings. The first-order valence-corrected chi connectivity index (χ1v) is 6.22. The molecule has 0 saturated carbocycles. The minimum Gasteiger partial charge on any atom is -0.481 e. The zero-order chi connectivity index (χ0) is 14.6. The van der Waals surface area contributed by atoms with Gasteiger partial charge in [0, 0.05) is 17.8 Å². The lowest BCUT2D eigenvalue weighted by Gasteiger charge is -2.30. The lowest BCUT2D eigenvalue weighted by molar-refractivity contribution is -0.138. The number of aromatic nitrogens is 1. The Labute approximate surface area is 117 Å². The summed E-state index contributed by atoms with van der Waals surface area (Å²) in [5.41, 5.74) is 0.00450. The van der Waals surface area contributed by atoms with Crippen LogP contribution in [-0.4, -0.2) is 28.0 Å². The van der Waals surface area contributed by atoms with Crippen molar-refractivity contribution in [3.8, 4) is 0 Å². The molecule has 1 aromatic heterocycles. The van der Waals surface area contributed by atoms with Gasteiger partial charge in [0.25, 0.3) is 5.91 Å². The van der Waals surface area contributed by atoms with E-state index in [1.54, 1.807) is 0 Å². The van der Waals surface area contributed by atoms with E-state index in [9.17, 15) is 9.59 Å². The topological polar surface area (TPSA) is 79.3 Å². The summed E-state index contributed by atoms with van der Waals surface area (Å²) in [6.45, 7) is 5.63. The highest BCUT2D eigenvalue weighted by Crippen LogP contribution is 2.22. The monoisotopic (exact) mass is 284 g/mol. The van der Waals surface area contributed by atoms with Crippen molar-refractivity contribution in [3.63, 3.8) is 0 Å². The molecule has 6 heteroatoms. The van der Waals surface area contributed by atoms with Gasteiger partial charge in [0.2, 0.25) is 0 Å². The number of carboxylic acids is 1. The van der Waals surface area contributed by atoms with Crippen LogP contribution in [0.2, 0.25) is 5.15 Å². The van der Waals surface area contributed by atoms with E-state index in [0.717, 1.165) is 0 Å². The van der Waals surface area contributed by atoms with Gasteiger partial charge in [0.15, 0.2) is 0 Å². The third-order valence-corrected chi connectivity index (χ3v) is 2.92. The average Bonchev–Trinajstić information content (AvgIpc) is 2.26. The van der Waals surface area contributed by atoms with Crippen LogP contribution < -0.4 is 5.32 Å². The van der Waals surface area contributed by atoms with Crippen LogP contribution in [0.1, 0.15) is 37.6 Å². The summed E-state index contributed by atoms with van der Waals surface area (Å²) < 4.78 is 0. The Morgan fingerprint density at radius 2 is 2.11 bits per heavy atom. The Morgan fingerprint density at radius 3 is 2.58 bits per heavy atom. The van der Waals surface area contributed by atoms with Gasteiger partial charge in [-0.05, 0) is 17.5 Å². The minimum absolute atomic E-state index is 0.131. The van der Waals surface area contributed by atoms with Crippen LogP contribution in [0.15, 0.2) is 18.3 Å². The number of carbonyl (C=O) groups is 2. The van der Waals surface area contributed by atoms with Crippen molar-refractivity contribution in [2.75, 3.05) is 0 Å². The molecule has 5 nitrogen and oxygen atoms in total. The molecule has 0 saturated heterocycles. The Bertz CT molecular complexity index is 483. The molecule has 0 radical (unpaired) electrons. The van der Waals surface area contributed by atoms with E-state index in [2.05, 4.69) is 10.3 Å². The third-order valence-electron chi connectivity index (χ3n) is 2.72. The van der Waals surface area contributed by atoms with Crippen LogP contribution in [0.4, 0.5) is 0 Å². The quantitative estimate of drug-likeness (QED) is 0.832. The van der Waals surface area contributed by atoms with Crippen molar-refractivity contribution >= 4 is 23.5 Å². The molecule has 0 spiro atoms. The number of nitrogens with one attached hydrogen (secondary N) is 1. The second-order valence-corrected chi connectivity index (χ2v) is 5.74.